The summed E-state index contributed by atoms with van der Waals surface area (Å²) >= 11 is 0. The lowest BCUT2D eigenvalue weighted by atomic mass is 10.2. The molecule has 3 nitrogen and oxygen atoms in total. The van der Waals surface area contributed by atoms with Crippen LogP contribution in [0.3, 0.4) is 0 Å². The highest BCUT2D eigenvalue weighted by Gasteiger charge is 2.27. The van der Waals surface area contributed by atoms with E-state index in [1.165, 1.54) is 12.8 Å². The van der Waals surface area contributed by atoms with Gasteiger partial charge in [0.15, 0.2) is 0 Å². The Morgan fingerprint density at radius 3 is 3.08 bits per heavy atom. The summed E-state index contributed by atoms with van der Waals surface area (Å²) in [5.74, 6) is 1.66. The molecule has 1 aromatic heterocycles. The number of rotatable bonds is 3. The first-order valence-electron chi connectivity index (χ1n) is 4.20. The van der Waals surface area contributed by atoms with Crippen molar-refractivity contribution in [2.45, 2.75) is 32.1 Å². The molecule has 1 heterocycles. The van der Waals surface area contributed by atoms with Crippen LogP contribution in [0.1, 0.15) is 37.1 Å². The summed E-state index contributed by atoms with van der Waals surface area (Å²) in [5.41, 5.74) is 0.768. The molecule has 0 N–H and O–H groups in total. The maximum atomic E-state index is 10.7. The Balaban J connectivity index is 2.07. The minimum atomic E-state index is 0.130. The van der Waals surface area contributed by atoms with Crippen LogP contribution in [0.15, 0.2) is 10.6 Å². The number of Topliss-reactive ketones (excluding diaryl/α,β-unsaturated/α-hetero) is 1. The molecule has 0 unspecified atom stereocenters. The van der Waals surface area contributed by atoms with Crippen molar-refractivity contribution in [3.05, 3.63) is 17.5 Å². The quantitative estimate of drug-likeness (QED) is 0.684. The van der Waals surface area contributed by atoms with Gasteiger partial charge in [0.05, 0.1) is 12.1 Å². The molecule has 0 saturated heterocycles. The molecule has 0 amide bonds. The molecule has 1 aliphatic rings. The summed E-state index contributed by atoms with van der Waals surface area (Å²) in [6, 6.07) is 1.90. The molecule has 0 atom stereocenters. The highest BCUT2D eigenvalue weighted by molar-refractivity contribution is 5.77. The van der Waals surface area contributed by atoms with E-state index in [1.807, 2.05) is 6.07 Å². The number of carbonyl (C=O) groups is 1. The summed E-state index contributed by atoms with van der Waals surface area (Å²) in [6.45, 7) is 1.56. The molecular weight excluding hydrogens is 154 g/mol. The first-order valence-corrected chi connectivity index (χ1v) is 4.20. The van der Waals surface area contributed by atoms with Crippen LogP contribution in [0.4, 0.5) is 0 Å². The van der Waals surface area contributed by atoms with E-state index < -0.39 is 0 Å². The number of ketones is 1. The zero-order valence-corrected chi connectivity index (χ0v) is 7.04. The van der Waals surface area contributed by atoms with Gasteiger partial charge in [0.1, 0.15) is 11.5 Å². The summed E-state index contributed by atoms with van der Waals surface area (Å²) < 4.78 is 5.09. The third-order valence-electron chi connectivity index (χ3n) is 1.99. The average Bonchev–Trinajstić information content (AvgIpc) is 2.73. The number of hydrogen-bond donors (Lipinski definition) is 0. The van der Waals surface area contributed by atoms with E-state index in [0.29, 0.717) is 12.3 Å². The summed E-state index contributed by atoms with van der Waals surface area (Å²) in [6.07, 6.45) is 2.81. The molecule has 0 bridgehead atoms. The molecule has 1 saturated carbocycles. The fourth-order valence-corrected chi connectivity index (χ4v) is 1.23. The van der Waals surface area contributed by atoms with Crippen LogP contribution in [0.25, 0.3) is 0 Å². The van der Waals surface area contributed by atoms with Crippen LogP contribution in [-0.4, -0.2) is 10.9 Å². The maximum Gasteiger partial charge on any atom is 0.140 e. The normalized spacial score (nSPS) is 16.4. The minimum absolute atomic E-state index is 0.130. The first-order chi connectivity index (χ1) is 5.75. The molecule has 0 aromatic carbocycles. The second kappa shape index (κ2) is 2.73. The maximum absolute atomic E-state index is 10.7. The third kappa shape index (κ3) is 1.55. The lowest BCUT2D eigenvalue weighted by Crippen LogP contribution is -1.95. The van der Waals surface area contributed by atoms with E-state index in [9.17, 15) is 4.79 Å². The Kier molecular flexibility index (Phi) is 1.71. The van der Waals surface area contributed by atoms with Gasteiger partial charge in [-0.2, -0.15) is 0 Å². The van der Waals surface area contributed by atoms with Crippen molar-refractivity contribution in [2.75, 3.05) is 0 Å². The van der Waals surface area contributed by atoms with Gasteiger partial charge in [0.25, 0.3) is 0 Å². The van der Waals surface area contributed by atoms with E-state index in [0.717, 1.165) is 11.5 Å². The van der Waals surface area contributed by atoms with Gasteiger partial charge in [-0.05, 0) is 19.8 Å². The highest BCUT2D eigenvalue weighted by atomic mass is 16.5. The third-order valence-corrected chi connectivity index (χ3v) is 1.99. The van der Waals surface area contributed by atoms with E-state index in [2.05, 4.69) is 5.16 Å². The van der Waals surface area contributed by atoms with Gasteiger partial charge in [-0.3, -0.25) is 4.79 Å². The second-order valence-corrected chi connectivity index (χ2v) is 3.37. The Hall–Kier alpha value is -1.12. The van der Waals surface area contributed by atoms with Crippen LogP contribution in [-0.2, 0) is 11.2 Å². The molecule has 3 heteroatoms. The molecule has 0 radical (unpaired) electrons. The topological polar surface area (TPSA) is 43.1 Å². The number of aromatic nitrogens is 1. The Morgan fingerprint density at radius 2 is 2.50 bits per heavy atom. The molecule has 64 valence electrons. The van der Waals surface area contributed by atoms with Crippen molar-refractivity contribution < 1.29 is 9.32 Å². The summed E-state index contributed by atoms with van der Waals surface area (Å²) in [5, 5.41) is 3.82. The van der Waals surface area contributed by atoms with Crippen molar-refractivity contribution in [1.29, 1.82) is 0 Å². The molecule has 1 aromatic rings. The number of hydrogen-bond acceptors (Lipinski definition) is 3. The summed E-state index contributed by atoms with van der Waals surface area (Å²) in [4.78, 5) is 10.7. The highest BCUT2D eigenvalue weighted by Crippen LogP contribution is 2.40. The van der Waals surface area contributed by atoms with E-state index in [4.69, 9.17) is 4.52 Å². The standard InChI is InChI=1S/C9H11NO2/c1-6(11)4-8-5-9(12-10-8)7-2-3-7/h5,7H,2-4H2,1H3. The van der Waals surface area contributed by atoms with Crippen molar-refractivity contribution in [3.8, 4) is 0 Å². The van der Waals surface area contributed by atoms with Crippen LogP contribution in [0, 0.1) is 0 Å². The van der Waals surface area contributed by atoms with Crippen molar-refractivity contribution in [3.63, 3.8) is 0 Å². The van der Waals surface area contributed by atoms with E-state index in [-0.39, 0.29) is 5.78 Å². The molecule has 0 aliphatic heterocycles. The molecule has 1 aliphatic carbocycles. The molecule has 1 fully saturated rings. The number of nitrogens with zero attached hydrogens (tertiary/aromatic N) is 1. The largest absolute Gasteiger partial charge is 0.361 e. The van der Waals surface area contributed by atoms with E-state index in [1.54, 1.807) is 6.92 Å². The van der Waals surface area contributed by atoms with Gasteiger partial charge >= 0.3 is 0 Å². The van der Waals surface area contributed by atoms with Crippen molar-refractivity contribution >= 4 is 5.78 Å². The smallest absolute Gasteiger partial charge is 0.140 e. The van der Waals surface area contributed by atoms with Crippen LogP contribution in [0.5, 0.6) is 0 Å². The minimum Gasteiger partial charge on any atom is -0.361 e. The second-order valence-electron chi connectivity index (χ2n) is 3.37. The average molecular weight is 165 g/mol. The van der Waals surface area contributed by atoms with Crippen LogP contribution >= 0.6 is 0 Å². The van der Waals surface area contributed by atoms with Gasteiger partial charge in [-0.1, -0.05) is 5.16 Å². The molecule has 12 heavy (non-hydrogen) atoms. The Labute approximate surface area is 70.7 Å². The predicted octanol–water partition coefficient (Wildman–Crippen LogP) is 1.68. The predicted molar refractivity (Wildman–Crippen MR) is 42.9 cm³/mol. The fourth-order valence-electron chi connectivity index (χ4n) is 1.23. The lowest BCUT2D eigenvalue weighted by molar-refractivity contribution is -0.116. The van der Waals surface area contributed by atoms with Gasteiger partial charge in [0, 0.05) is 12.0 Å². The summed E-state index contributed by atoms with van der Waals surface area (Å²) in [7, 11) is 0. The molecule has 0 spiro atoms. The fraction of sp³-hybridized carbons (Fsp3) is 0.556. The zero-order valence-electron chi connectivity index (χ0n) is 7.04. The monoisotopic (exact) mass is 165 g/mol. The van der Waals surface area contributed by atoms with E-state index >= 15 is 0 Å². The first kappa shape index (κ1) is 7.53. The lowest BCUT2D eigenvalue weighted by Gasteiger charge is -1.84. The van der Waals surface area contributed by atoms with Gasteiger partial charge in [-0.25, -0.2) is 0 Å². The molecule has 2 rings (SSSR count). The van der Waals surface area contributed by atoms with Gasteiger partial charge in [0.2, 0.25) is 0 Å². The van der Waals surface area contributed by atoms with Crippen LogP contribution < -0.4 is 0 Å². The van der Waals surface area contributed by atoms with Gasteiger partial charge in [-0.15, -0.1) is 0 Å². The van der Waals surface area contributed by atoms with Gasteiger partial charge < -0.3 is 4.52 Å². The zero-order chi connectivity index (χ0) is 8.55. The Bertz CT molecular complexity index is 299. The SMILES string of the molecule is CC(=O)Cc1cc(C2CC2)on1. The Morgan fingerprint density at radius 1 is 1.75 bits per heavy atom. The molecular formula is C9H11NO2. The number of carbonyl (C=O) groups excluding carboxylic acids is 1. The van der Waals surface area contributed by atoms with Crippen LogP contribution in [0.2, 0.25) is 0 Å². The van der Waals surface area contributed by atoms with Crippen molar-refractivity contribution in [2.24, 2.45) is 0 Å². The van der Waals surface area contributed by atoms with Crippen molar-refractivity contribution in [1.82, 2.24) is 5.16 Å².